The standard InChI is InChI=1S/C16H24N2O2S/c1-19-16-9-13(10-17-11-16)8-14-2-3-15(20-14)12-18-4-6-21-7-5-18/h9-11,14-15H,2-8,12H2,1H3/t14-,15+/m0/s1. The van der Waals surface area contributed by atoms with Crippen LogP contribution in [0.4, 0.5) is 0 Å². The molecule has 0 aliphatic carbocycles. The lowest BCUT2D eigenvalue weighted by Gasteiger charge is -2.28. The van der Waals surface area contributed by atoms with Gasteiger partial charge in [-0.1, -0.05) is 0 Å². The van der Waals surface area contributed by atoms with Gasteiger partial charge in [0, 0.05) is 43.8 Å². The summed E-state index contributed by atoms with van der Waals surface area (Å²) in [5.74, 6) is 3.37. The highest BCUT2D eigenvalue weighted by Gasteiger charge is 2.27. The minimum absolute atomic E-state index is 0.336. The zero-order valence-electron chi connectivity index (χ0n) is 12.7. The highest BCUT2D eigenvalue weighted by Crippen LogP contribution is 2.25. The molecule has 21 heavy (non-hydrogen) atoms. The first-order valence-electron chi connectivity index (χ1n) is 7.77. The van der Waals surface area contributed by atoms with Crippen molar-refractivity contribution in [2.45, 2.75) is 31.5 Å². The van der Waals surface area contributed by atoms with Gasteiger partial charge in [-0.15, -0.1) is 0 Å². The van der Waals surface area contributed by atoms with Crippen LogP contribution in [0.15, 0.2) is 18.5 Å². The van der Waals surface area contributed by atoms with Crippen molar-refractivity contribution in [1.29, 1.82) is 0 Å². The normalized spacial score (nSPS) is 26.9. The number of thioether (sulfide) groups is 1. The van der Waals surface area contributed by atoms with E-state index >= 15 is 0 Å². The van der Waals surface area contributed by atoms with E-state index in [0.717, 1.165) is 25.1 Å². The fraction of sp³-hybridized carbons (Fsp3) is 0.688. The van der Waals surface area contributed by atoms with Crippen molar-refractivity contribution in [2.75, 3.05) is 38.2 Å². The first-order chi connectivity index (χ1) is 10.3. The lowest BCUT2D eigenvalue weighted by Crippen LogP contribution is -2.38. The number of ether oxygens (including phenoxy) is 2. The lowest BCUT2D eigenvalue weighted by atomic mass is 10.1. The third-order valence-corrected chi connectivity index (χ3v) is 5.17. The third kappa shape index (κ3) is 4.34. The highest BCUT2D eigenvalue weighted by molar-refractivity contribution is 7.99. The van der Waals surface area contributed by atoms with Gasteiger partial charge in [0.05, 0.1) is 25.5 Å². The zero-order valence-corrected chi connectivity index (χ0v) is 13.5. The van der Waals surface area contributed by atoms with E-state index in [0.29, 0.717) is 12.2 Å². The van der Waals surface area contributed by atoms with Crippen LogP contribution in [0.25, 0.3) is 0 Å². The molecule has 0 saturated carbocycles. The fourth-order valence-corrected chi connectivity index (χ4v) is 4.06. The average Bonchev–Trinajstić information content (AvgIpc) is 2.95. The third-order valence-electron chi connectivity index (χ3n) is 4.23. The molecule has 0 N–H and O–H groups in total. The molecule has 0 radical (unpaired) electrons. The maximum atomic E-state index is 6.22. The molecule has 0 aromatic carbocycles. The Balaban J connectivity index is 1.47. The number of aromatic nitrogens is 1. The summed E-state index contributed by atoms with van der Waals surface area (Å²) in [6.07, 6.45) is 7.70. The van der Waals surface area contributed by atoms with Crippen LogP contribution in [-0.2, 0) is 11.2 Å². The summed E-state index contributed by atoms with van der Waals surface area (Å²) >= 11 is 2.06. The molecule has 0 spiro atoms. The van der Waals surface area contributed by atoms with Crippen LogP contribution in [0.3, 0.4) is 0 Å². The summed E-state index contributed by atoms with van der Waals surface area (Å²) in [7, 11) is 1.68. The molecule has 2 fully saturated rings. The van der Waals surface area contributed by atoms with E-state index < -0.39 is 0 Å². The van der Waals surface area contributed by atoms with E-state index in [4.69, 9.17) is 9.47 Å². The second kappa shape index (κ2) is 7.47. The number of hydrogen-bond acceptors (Lipinski definition) is 5. The van der Waals surface area contributed by atoms with Crippen LogP contribution in [0.1, 0.15) is 18.4 Å². The molecular formula is C16H24N2O2S. The SMILES string of the molecule is COc1cncc(C[C@@H]2CC[C@H](CN3CCSCC3)O2)c1. The second-order valence-corrected chi connectivity index (χ2v) is 7.03. The molecule has 0 bridgehead atoms. The van der Waals surface area contributed by atoms with Gasteiger partial charge in [-0.3, -0.25) is 9.88 Å². The van der Waals surface area contributed by atoms with Gasteiger partial charge in [0.25, 0.3) is 0 Å². The fourth-order valence-electron chi connectivity index (χ4n) is 3.09. The Kier molecular flexibility index (Phi) is 5.38. The van der Waals surface area contributed by atoms with E-state index in [1.807, 2.05) is 6.20 Å². The van der Waals surface area contributed by atoms with Crippen molar-refractivity contribution in [2.24, 2.45) is 0 Å². The molecule has 4 nitrogen and oxygen atoms in total. The number of methoxy groups -OCH3 is 1. The van der Waals surface area contributed by atoms with Crippen molar-refractivity contribution in [1.82, 2.24) is 9.88 Å². The topological polar surface area (TPSA) is 34.6 Å². The number of nitrogens with zero attached hydrogens (tertiary/aromatic N) is 2. The maximum absolute atomic E-state index is 6.22. The Morgan fingerprint density at radius 2 is 2.10 bits per heavy atom. The van der Waals surface area contributed by atoms with Crippen LogP contribution in [0.2, 0.25) is 0 Å². The Bertz CT molecular complexity index is 452. The van der Waals surface area contributed by atoms with Crippen molar-refractivity contribution in [3.63, 3.8) is 0 Å². The molecule has 2 saturated heterocycles. The Morgan fingerprint density at radius 1 is 1.29 bits per heavy atom. The predicted molar refractivity (Wildman–Crippen MR) is 86.2 cm³/mol. The summed E-state index contributed by atoms with van der Waals surface area (Å²) in [4.78, 5) is 6.77. The second-order valence-electron chi connectivity index (χ2n) is 5.81. The van der Waals surface area contributed by atoms with Crippen molar-refractivity contribution in [3.8, 4) is 5.75 Å². The highest BCUT2D eigenvalue weighted by atomic mass is 32.2. The molecule has 0 amide bonds. The molecule has 2 atom stereocenters. The molecular weight excluding hydrogens is 284 g/mol. The lowest BCUT2D eigenvalue weighted by molar-refractivity contribution is 0.0251. The average molecular weight is 308 g/mol. The van der Waals surface area contributed by atoms with Gasteiger partial charge in [-0.2, -0.15) is 11.8 Å². The van der Waals surface area contributed by atoms with Gasteiger partial charge >= 0.3 is 0 Å². The quantitative estimate of drug-likeness (QED) is 0.833. The molecule has 1 aromatic heterocycles. The minimum atomic E-state index is 0.336. The summed E-state index contributed by atoms with van der Waals surface area (Å²) in [5, 5.41) is 0. The largest absolute Gasteiger partial charge is 0.495 e. The predicted octanol–water partition coefficient (Wildman–Crippen LogP) is 2.23. The van der Waals surface area contributed by atoms with E-state index in [-0.39, 0.29) is 0 Å². The molecule has 3 rings (SSSR count). The molecule has 116 valence electrons. The molecule has 3 heterocycles. The first kappa shape index (κ1) is 15.1. The van der Waals surface area contributed by atoms with Gasteiger partial charge in [0.15, 0.2) is 0 Å². The zero-order chi connectivity index (χ0) is 14.5. The summed E-state index contributed by atoms with van der Waals surface area (Å²) < 4.78 is 11.5. The van der Waals surface area contributed by atoms with E-state index in [1.165, 1.54) is 36.6 Å². The van der Waals surface area contributed by atoms with Gasteiger partial charge in [0.2, 0.25) is 0 Å². The van der Waals surface area contributed by atoms with Crippen LogP contribution in [0, 0.1) is 0 Å². The molecule has 2 aliphatic heterocycles. The van der Waals surface area contributed by atoms with Gasteiger partial charge < -0.3 is 9.47 Å². The molecule has 5 heteroatoms. The van der Waals surface area contributed by atoms with Crippen LogP contribution in [-0.4, -0.2) is 60.3 Å². The number of rotatable bonds is 5. The number of hydrogen-bond donors (Lipinski definition) is 0. The molecule has 1 aromatic rings. The smallest absolute Gasteiger partial charge is 0.137 e. The summed E-state index contributed by atoms with van der Waals surface area (Å²) in [6, 6.07) is 2.06. The van der Waals surface area contributed by atoms with Gasteiger partial charge in [-0.05, 0) is 24.5 Å². The van der Waals surface area contributed by atoms with Crippen LogP contribution >= 0.6 is 11.8 Å². The number of pyridine rings is 1. The summed E-state index contributed by atoms with van der Waals surface area (Å²) in [5.41, 5.74) is 1.20. The van der Waals surface area contributed by atoms with Crippen molar-refractivity contribution in [3.05, 3.63) is 24.0 Å². The van der Waals surface area contributed by atoms with Crippen molar-refractivity contribution < 1.29 is 9.47 Å². The minimum Gasteiger partial charge on any atom is -0.495 e. The Labute approximate surface area is 131 Å². The van der Waals surface area contributed by atoms with Crippen LogP contribution < -0.4 is 4.74 Å². The summed E-state index contributed by atoms with van der Waals surface area (Å²) in [6.45, 7) is 3.54. The van der Waals surface area contributed by atoms with E-state index in [2.05, 4.69) is 27.7 Å². The Morgan fingerprint density at radius 3 is 2.90 bits per heavy atom. The van der Waals surface area contributed by atoms with Crippen LogP contribution in [0.5, 0.6) is 5.75 Å². The van der Waals surface area contributed by atoms with Gasteiger partial charge in [0.1, 0.15) is 5.75 Å². The van der Waals surface area contributed by atoms with Gasteiger partial charge in [-0.25, -0.2) is 0 Å². The first-order valence-corrected chi connectivity index (χ1v) is 8.92. The molecule has 0 unspecified atom stereocenters. The van der Waals surface area contributed by atoms with E-state index in [9.17, 15) is 0 Å². The maximum Gasteiger partial charge on any atom is 0.137 e. The Hall–Kier alpha value is -0.780. The molecule has 2 aliphatic rings. The van der Waals surface area contributed by atoms with E-state index in [1.54, 1.807) is 13.3 Å². The van der Waals surface area contributed by atoms with Crippen molar-refractivity contribution >= 4 is 11.8 Å². The monoisotopic (exact) mass is 308 g/mol.